The number of likely N-dealkylation sites (tertiary alicyclic amines) is 1. The molecule has 1 aliphatic rings. The second-order valence-electron chi connectivity index (χ2n) is 7.66. The number of nitrogens with one attached hydrogen (secondary N) is 2. The average Bonchev–Trinajstić information content (AvgIpc) is 3.24. The summed E-state index contributed by atoms with van der Waals surface area (Å²) >= 11 is 0. The highest BCUT2D eigenvalue weighted by atomic mass is 16.4. The summed E-state index contributed by atoms with van der Waals surface area (Å²) in [6, 6.07) is 3.89. The fourth-order valence-electron chi connectivity index (χ4n) is 3.80. The molecule has 3 aromatic rings. The second-order valence-corrected chi connectivity index (χ2v) is 7.66. The molecule has 0 spiro atoms. The van der Waals surface area contributed by atoms with Crippen LogP contribution in [0.25, 0.3) is 11.0 Å². The van der Waals surface area contributed by atoms with Gasteiger partial charge in [0, 0.05) is 24.3 Å². The first-order chi connectivity index (χ1) is 13.6. The molecule has 0 radical (unpaired) electrons. The van der Waals surface area contributed by atoms with E-state index in [4.69, 9.17) is 4.42 Å². The van der Waals surface area contributed by atoms with E-state index in [1.807, 2.05) is 32.2 Å². The van der Waals surface area contributed by atoms with E-state index in [9.17, 15) is 4.79 Å². The lowest BCUT2D eigenvalue weighted by Crippen LogP contribution is -2.38. The zero-order valence-corrected chi connectivity index (χ0v) is 16.5. The van der Waals surface area contributed by atoms with Gasteiger partial charge in [0.1, 0.15) is 11.4 Å². The molecule has 0 atom stereocenters. The molecule has 0 aromatic carbocycles. The van der Waals surface area contributed by atoms with Gasteiger partial charge >= 0.3 is 0 Å². The largest absolute Gasteiger partial charge is 0.444 e. The zero-order valence-electron chi connectivity index (χ0n) is 16.5. The minimum Gasteiger partial charge on any atom is -0.444 e. The number of hydrogen-bond acceptors (Lipinski definition) is 5. The van der Waals surface area contributed by atoms with Gasteiger partial charge in [0.25, 0.3) is 0 Å². The quantitative estimate of drug-likeness (QED) is 0.686. The molecule has 28 heavy (non-hydrogen) atoms. The number of nitrogens with zero attached hydrogens (tertiary/aromatic N) is 3. The predicted octanol–water partition coefficient (Wildman–Crippen LogP) is 2.74. The summed E-state index contributed by atoms with van der Waals surface area (Å²) in [5.41, 5.74) is 2.79. The molecule has 0 saturated carbocycles. The van der Waals surface area contributed by atoms with Crippen LogP contribution in [0.1, 0.15) is 35.7 Å². The normalized spacial score (nSPS) is 15.9. The van der Waals surface area contributed by atoms with Crippen LogP contribution < -0.4 is 5.32 Å². The fraction of sp³-hybridized carbons (Fsp3) is 0.476. The number of H-pyrrole nitrogens is 1. The van der Waals surface area contributed by atoms with Gasteiger partial charge in [-0.1, -0.05) is 0 Å². The van der Waals surface area contributed by atoms with Crippen LogP contribution in [-0.4, -0.2) is 45.4 Å². The SMILES string of the molecule is Cc1nc(CN2CCC(CNC(=O)Cc3c[nH]c4ncccc34)CC2)oc1C. The van der Waals surface area contributed by atoms with Gasteiger partial charge in [-0.2, -0.15) is 0 Å². The average molecular weight is 381 g/mol. The minimum absolute atomic E-state index is 0.0675. The third kappa shape index (κ3) is 4.25. The second kappa shape index (κ2) is 8.14. The van der Waals surface area contributed by atoms with Crippen LogP contribution in [-0.2, 0) is 17.8 Å². The monoisotopic (exact) mass is 381 g/mol. The molecule has 0 unspecified atom stereocenters. The van der Waals surface area contributed by atoms with E-state index in [2.05, 4.69) is 25.2 Å². The maximum atomic E-state index is 12.4. The number of aromatic nitrogens is 3. The molecule has 4 heterocycles. The van der Waals surface area contributed by atoms with Crippen molar-refractivity contribution in [3.8, 4) is 0 Å². The Hall–Kier alpha value is -2.67. The lowest BCUT2D eigenvalue weighted by Gasteiger charge is -2.31. The van der Waals surface area contributed by atoms with Crippen molar-refractivity contribution in [2.45, 2.75) is 39.7 Å². The lowest BCUT2D eigenvalue weighted by molar-refractivity contribution is -0.120. The van der Waals surface area contributed by atoms with E-state index < -0.39 is 0 Å². The summed E-state index contributed by atoms with van der Waals surface area (Å²) in [5, 5.41) is 4.12. The van der Waals surface area contributed by atoms with Gasteiger partial charge in [0.2, 0.25) is 11.8 Å². The molecule has 148 valence electrons. The number of carbonyl (C=O) groups excluding carboxylic acids is 1. The first-order valence-electron chi connectivity index (χ1n) is 9.91. The highest BCUT2D eigenvalue weighted by Crippen LogP contribution is 2.20. The highest BCUT2D eigenvalue weighted by Gasteiger charge is 2.21. The van der Waals surface area contributed by atoms with Crippen LogP contribution in [0.2, 0.25) is 0 Å². The van der Waals surface area contributed by atoms with Crippen LogP contribution >= 0.6 is 0 Å². The Balaban J connectivity index is 1.21. The van der Waals surface area contributed by atoms with Gasteiger partial charge in [0.05, 0.1) is 18.7 Å². The summed E-state index contributed by atoms with van der Waals surface area (Å²) in [6.07, 6.45) is 6.17. The Morgan fingerprint density at radius 1 is 1.36 bits per heavy atom. The molecule has 1 amide bonds. The van der Waals surface area contributed by atoms with Crippen LogP contribution in [0.4, 0.5) is 0 Å². The third-order valence-corrected chi connectivity index (χ3v) is 5.61. The Morgan fingerprint density at radius 3 is 2.93 bits per heavy atom. The van der Waals surface area contributed by atoms with Crippen LogP contribution in [0.15, 0.2) is 28.9 Å². The number of hydrogen-bond donors (Lipinski definition) is 2. The first-order valence-corrected chi connectivity index (χ1v) is 9.91. The van der Waals surface area contributed by atoms with Gasteiger partial charge in [-0.3, -0.25) is 9.69 Å². The summed E-state index contributed by atoms with van der Waals surface area (Å²) in [4.78, 5) is 26.6. The summed E-state index contributed by atoms with van der Waals surface area (Å²) in [7, 11) is 0. The van der Waals surface area contributed by atoms with Crippen molar-refractivity contribution < 1.29 is 9.21 Å². The molecule has 7 heteroatoms. The third-order valence-electron chi connectivity index (χ3n) is 5.61. The van der Waals surface area contributed by atoms with Crippen molar-refractivity contribution >= 4 is 16.9 Å². The Morgan fingerprint density at radius 2 is 2.18 bits per heavy atom. The van der Waals surface area contributed by atoms with E-state index in [1.165, 1.54) is 0 Å². The maximum Gasteiger partial charge on any atom is 0.224 e. The van der Waals surface area contributed by atoms with Gasteiger partial charge in [-0.25, -0.2) is 9.97 Å². The number of aryl methyl sites for hydroxylation is 2. The van der Waals surface area contributed by atoms with E-state index >= 15 is 0 Å². The number of carbonyl (C=O) groups is 1. The molecule has 4 rings (SSSR count). The topological polar surface area (TPSA) is 87.0 Å². The molecular formula is C21H27N5O2. The molecule has 2 N–H and O–H groups in total. The number of aromatic amines is 1. The lowest BCUT2D eigenvalue weighted by atomic mass is 9.96. The summed E-state index contributed by atoms with van der Waals surface area (Å²) in [6.45, 7) is 7.45. The van der Waals surface area contributed by atoms with Gasteiger partial charge in [-0.15, -0.1) is 0 Å². The molecule has 0 bridgehead atoms. The molecule has 3 aromatic heterocycles. The zero-order chi connectivity index (χ0) is 19.5. The maximum absolute atomic E-state index is 12.4. The van der Waals surface area contributed by atoms with Crippen molar-refractivity contribution in [1.82, 2.24) is 25.2 Å². The summed E-state index contributed by atoms with van der Waals surface area (Å²) in [5.74, 6) is 2.30. The van der Waals surface area contributed by atoms with E-state index in [0.29, 0.717) is 12.3 Å². The standard InChI is InChI=1S/C21H27N5O2/c1-14-15(2)28-20(25-14)13-26-8-5-16(6-9-26)11-23-19(27)10-17-12-24-21-18(17)4-3-7-22-21/h3-4,7,12,16H,5-6,8-11,13H2,1-2H3,(H,22,24)(H,23,27). The van der Waals surface area contributed by atoms with Crippen molar-refractivity contribution in [2.24, 2.45) is 5.92 Å². The smallest absolute Gasteiger partial charge is 0.224 e. The fourth-order valence-corrected chi connectivity index (χ4v) is 3.80. The number of pyridine rings is 1. The van der Waals surface area contributed by atoms with Crippen molar-refractivity contribution in [1.29, 1.82) is 0 Å². The molecule has 1 saturated heterocycles. The van der Waals surface area contributed by atoms with Crippen molar-refractivity contribution in [2.75, 3.05) is 19.6 Å². The van der Waals surface area contributed by atoms with Crippen molar-refractivity contribution in [3.63, 3.8) is 0 Å². The number of fused-ring (bicyclic) bond motifs is 1. The highest BCUT2D eigenvalue weighted by molar-refractivity contribution is 5.87. The van der Waals surface area contributed by atoms with E-state index in [-0.39, 0.29) is 5.91 Å². The molecule has 0 aliphatic carbocycles. The van der Waals surface area contributed by atoms with Gasteiger partial charge in [0.15, 0.2) is 0 Å². The predicted molar refractivity (Wildman–Crippen MR) is 107 cm³/mol. The van der Waals surface area contributed by atoms with Gasteiger partial charge in [-0.05, 0) is 63.4 Å². The van der Waals surface area contributed by atoms with Crippen molar-refractivity contribution in [3.05, 3.63) is 47.4 Å². The van der Waals surface area contributed by atoms with E-state index in [1.54, 1.807) is 6.20 Å². The van der Waals surface area contributed by atoms with Crippen LogP contribution in [0.3, 0.4) is 0 Å². The number of piperidine rings is 1. The van der Waals surface area contributed by atoms with Gasteiger partial charge < -0.3 is 14.7 Å². The first kappa shape index (κ1) is 18.7. The van der Waals surface area contributed by atoms with E-state index in [0.717, 1.165) is 73.0 Å². The Labute approximate surface area is 164 Å². The minimum atomic E-state index is 0.0675. The van der Waals surface area contributed by atoms with Crippen LogP contribution in [0, 0.1) is 19.8 Å². The number of amides is 1. The Kier molecular flexibility index (Phi) is 5.43. The molecular weight excluding hydrogens is 354 g/mol. The number of rotatable bonds is 6. The Bertz CT molecular complexity index is 933. The molecule has 1 fully saturated rings. The van der Waals surface area contributed by atoms with Crippen LogP contribution in [0.5, 0.6) is 0 Å². The molecule has 7 nitrogen and oxygen atoms in total. The summed E-state index contributed by atoms with van der Waals surface area (Å²) < 4.78 is 5.69. The molecule has 1 aliphatic heterocycles. The number of oxazole rings is 1.